The first kappa shape index (κ1) is 37.8. The van der Waals surface area contributed by atoms with Crippen molar-refractivity contribution in [2.45, 2.75) is 45.6 Å². The summed E-state index contributed by atoms with van der Waals surface area (Å²) < 4.78 is 31.3. The number of ketones is 2. The smallest absolute Gasteiger partial charge is 0.410 e. The number of hydrogen-bond donors (Lipinski definition) is 0. The lowest BCUT2D eigenvalue weighted by atomic mass is 10.1. The second-order valence-corrected chi connectivity index (χ2v) is 12.7. The van der Waals surface area contributed by atoms with Gasteiger partial charge >= 0.3 is 6.09 Å². The van der Waals surface area contributed by atoms with Crippen LogP contribution in [-0.4, -0.2) is 87.4 Å². The van der Waals surface area contributed by atoms with Crippen molar-refractivity contribution < 1.29 is 27.9 Å². The molecule has 0 unspecified atom stereocenters. The summed E-state index contributed by atoms with van der Waals surface area (Å²) in [5, 5.41) is 0. The number of amides is 1. The molecule has 2 fully saturated rings. The van der Waals surface area contributed by atoms with Gasteiger partial charge in [-0.1, -0.05) is 0 Å². The van der Waals surface area contributed by atoms with Crippen molar-refractivity contribution in [3.05, 3.63) is 107 Å². The van der Waals surface area contributed by atoms with E-state index in [-0.39, 0.29) is 35.9 Å². The Morgan fingerprint density at radius 2 is 0.960 bits per heavy atom. The average molecular weight is 708 g/mol. The monoisotopic (exact) mass is 707 g/mol. The van der Waals surface area contributed by atoms with E-state index in [9.17, 15) is 23.2 Å². The molecule has 0 spiro atoms. The molecule has 1 amide bonds. The van der Waals surface area contributed by atoms with E-state index in [2.05, 4.69) is 24.8 Å². The zero-order valence-corrected chi connectivity index (χ0v) is 29.0. The third-order valence-electron chi connectivity index (χ3n) is 7.87. The van der Waals surface area contributed by atoms with Gasteiger partial charge in [-0.3, -0.25) is 9.59 Å². The van der Waals surface area contributed by atoms with Gasteiger partial charge in [-0.05, 0) is 88.6 Å². The molecule has 14 heteroatoms. The lowest BCUT2D eigenvalue weighted by molar-refractivity contribution is 0.0240. The number of carbonyl (C=O) groups excluding carboxylic acids is 3. The first-order valence-electron chi connectivity index (χ1n) is 16.2. The molecule has 4 heterocycles. The van der Waals surface area contributed by atoms with Crippen LogP contribution in [0.2, 0.25) is 0 Å². The van der Waals surface area contributed by atoms with Crippen molar-refractivity contribution in [2.75, 3.05) is 49.1 Å². The van der Waals surface area contributed by atoms with Gasteiger partial charge in [0.2, 0.25) is 11.9 Å². The fourth-order valence-corrected chi connectivity index (χ4v) is 5.25. The van der Waals surface area contributed by atoms with E-state index < -0.39 is 11.4 Å². The van der Waals surface area contributed by atoms with E-state index >= 15 is 0 Å². The summed E-state index contributed by atoms with van der Waals surface area (Å²) in [6.45, 7) is 9.60. The molecule has 2 aromatic carbocycles. The van der Waals surface area contributed by atoms with E-state index in [4.69, 9.17) is 4.74 Å². The minimum atomic E-state index is -0.524. The molecule has 2 saturated heterocycles. The number of rotatable bonds is 6. The van der Waals surface area contributed by atoms with Crippen LogP contribution in [0.4, 0.5) is 25.5 Å². The molecule has 50 heavy (non-hydrogen) atoms. The van der Waals surface area contributed by atoms with Gasteiger partial charge in [-0.15, -0.1) is 12.4 Å². The normalized spacial score (nSPS) is 14.5. The second-order valence-electron chi connectivity index (χ2n) is 12.7. The molecule has 0 bridgehead atoms. The van der Waals surface area contributed by atoms with Crippen LogP contribution in [-0.2, 0) is 4.74 Å². The van der Waals surface area contributed by atoms with E-state index in [0.717, 1.165) is 25.9 Å². The highest BCUT2D eigenvalue weighted by atomic mass is 35.5. The maximum atomic E-state index is 13.0. The number of halogens is 3. The van der Waals surface area contributed by atoms with Crippen molar-refractivity contribution >= 4 is 42.0 Å². The van der Waals surface area contributed by atoms with Crippen LogP contribution in [0.3, 0.4) is 0 Å². The van der Waals surface area contributed by atoms with Crippen LogP contribution in [0.1, 0.15) is 71.9 Å². The summed E-state index contributed by atoms with van der Waals surface area (Å²) in [5.74, 6) is -0.0386. The highest BCUT2D eigenvalue weighted by Gasteiger charge is 2.27. The Kier molecular flexibility index (Phi) is 12.9. The maximum absolute atomic E-state index is 13.0. The van der Waals surface area contributed by atoms with Gasteiger partial charge in [-0.2, -0.15) is 0 Å². The maximum Gasteiger partial charge on any atom is 0.410 e. The van der Waals surface area contributed by atoms with Crippen LogP contribution < -0.4 is 9.80 Å². The van der Waals surface area contributed by atoms with Gasteiger partial charge in [0, 0.05) is 75.2 Å². The number of piperidine rings is 1. The molecule has 0 N–H and O–H groups in total. The average Bonchev–Trinajstić information content (AvgIpc) is 3.12. The molecular formula is C36H40ClF2N7O4. The standard InChI is InChI=1S/C20H23FN4O3.C16H16FN3O.ClH/c1-20(2,3)28-19(27)25-10-8-24(9-11-25)18-22-12-15(13-23-18)17(26)14-4-6-16(21)7-5-14;17-14-6-4-12(5-7-14)15(21)13-10-18-16(19-11-13)20-8-2-1-3-9-20;/h4-7,12-13H,8-11H2,1-3H3;4-7,10-11H,1-3,8-9H2;1H. The number of ether oxygens (including phenoxy) is 1. The number of anilines is 2. The largest absolute Gasteiger partial charge is 0.444 e. The van der Waals surface area contributed by atoms with Gasteiger partial charge in [-0.25, -0.2) is 33.5 Å². The zero-order chi connectivity index (χ0) is 35.0. The Hall–Kier alpha value is -5.04. The number of benzene rings is 2. The molecule has 0 saturated carbocycles. The van der Waals surface area contributed by atoms with Crippen molar-refractivity contribution in [3.63, 3.8) is 0 Å². The summed E-state index contributed by atoms with van der Waals surface area (Å²) in [6, 6.07) is 10.8. The SMILES string of the molecule is CC(C)(C)OC(=O)N1CCN(c2ncc(C(=O)c3ccc(F)cc3)cn2)CC1.Cl.O=C(c1ccc(F)cc1)c1cnc(N2CCCCC2)nc1. The summed E-state index contributed by atoms with van der Waals surface area (Å²) in [4.78, 5) is 59.6. The first-order chi connectivity index (χ1) is 23.5. The van der Waals surface area contributed by atoms with Gasteiger partial charge in [0.1, 0.15) is 17.2 Å². The van der Waals surface area contributed by atoms with Gasteiger partial charge in [0.05, 0.1) is 11.1 Å². The Labute approximate surface area is 296 Å². The highest BCUT2D eigenvalue weighted by molar-refractivity contribution is 6.09. The Balaban J connectivity index is 0.000000229. The molecule has 2 aliphatic rings. The van der Waals surface area contributed by atoms with E-state index in [1.165, 1.54) is 67.3 Å². The predicted molar refractivity (Wildman–Crippen MR) is 187 cm³/mol. The highest BCUT2D eigenvalue weighted by Crippen LogP contribution is 2.18. The Morgan fingerprint density at radius 1 is 0.580 bits per heavy atom. The summed E-state index contributed by atoms with van der Waals surface area (Å²) in [7, 11) is 0. The van der Waals surface area contributed by atoms with Gasteiger partial charge in [0.15, 0.2) is 11.6 Å². The fourth-order valence-electron chi connectivity index (χ4n) is 5.25. The predicted octanol–water partition coefficient (Wildman–Crippen LogP) is 6.16. The quantitative estimate of drug-likeness (QED) is 0.215. The molecule has 0 radical (unpaired) electrons. The molecular weight excluding hydrogens is 668 g/mol. The second kappa shape index (κ2) is 17.1. The number of nitrogens with zero attached hydrogens (tertiary/aromatic N) is 7. The Morgan fingerprint density at radius 3 is 1.34 bits per heavy atom. The molecule has 2 aliphatic heterocycles. The van der Waals surface area contributed by atoms with Crippen LogP contribution in [0.5, 0.6) is 0 Å². The third kappa shape index (κ3) is 10.2. The van der Waals surface area contributed by atoms with Crippen molar-refractivity contribution in [1.29, 1.82) is 0 Å². The van der Waals surface area contributed by atoms with Crippen molar-refractivity contribution in [3.8, 4) is 0 Å². The van der Waals surface area contributed by atoms with Crippen LogP contribution >= 0.6 is 12.4 Å². The minimum absolute atomic E-state index is 0. The number of carbonyl (C=O) groups is 3. The van der Waals surface area contributed by atoms with Gasteiger partial charge < -0.3 is 19.4 Å². The number of hydrogen-bond acceptors (Lipinski definition) is 10. The van der Waals surface area contributed by atoms with E-state index in [1.54, 1.807) is 17.3 Å². The molecule has 0 aliphatic carbocycles. The summed E-state index contributed by atoms with van der Waals surface area (Å²) in [6.07, 6.45) is 9.25. The molecule has 2 aromatic heterocycles. The topological polar surface area (TPSA) is 122 Å². The van der Waals surface area contributed by atoms with Crippen molar-refractivity contribution in [1.82, 2.24) is 24.8 Å². The first-order valence-corrected chi connectivity index (χ1v) is 16.2. The fraction of sp³-hybridized carbons (Fsp3) is 0.361. The Bertz CT molecular complexity index is 1720. The van der Waals surface area contributed by atoms with E-state index in [1.807, 2.05) is 25.7 Å². The molecule has 11 nitrogen and oxygen atoms in total. The molecule has 6 rings (SSSR count). The van der Waals surface area contributed by atoms with Crippen LogP contribution in [0.15, 0.2) is 73.3 Å². The van der Waals surface area contributed by atoms with Crippen molar-refractivity contribution in [2.24, 2.45) is 0 Å². The summed E-state index contributed by atoms with van der Waals surface area (Å²) >= 11 is 0. The lowest BCUT2D eigenvalue weighted by Crippen LogP contribution is -2.50. The lowest BCUT2D eigenvalue weighted by Gasteiger charge is -2.35. The third-order valence-corrected chi connectivity index (χ3v) is 7.87. The molecule has 0 atom stereocenters. The van der Waals surface area contributed by atoms with Gasteiger partial charge in [0.25, 0.3) is 0 Å². The van der Waals surface area contributed by atoms with Crippen LogP contribution in [0.25, 0.3) is 0 Å². The molecule has 264 valence electrons. The zero-order valence-electron chi connectivity index (χ0n) is 28.2. The number of piperazine rings is 1. The summed E-state index contributed by atoms with van der Waals surface area (Å²) in [5.41, 5.74) is 1.05. The minimum Gasteiger partial charge on any atom is -0.444 e. The number of aromatic nitrogens is 4. The van der Waals surface area contributed by atoms with Crippen LogP contribution in [0, 0.1) is 11.6 Å². The molecule has 4 aromatic rings. The van der Waals surface area contributed by atoms with E-state index in [0.29, 0.717) is 60.3 Å².